The van der Waals surface area contributed by atoms with Gasteiger partial charge in [-0.3, -0.25) is 9.67 Å². The average molecular weight is 397 g/mol. The molecule has 0 aliphatic heterocycles. The highest BCUT2D eigenvalue weighted by molar-refractivity contribution is 6.35. The maximum atomic E-state index is 6.33. The number of guanidine groups is 1. The molecule has 8 heteroatoms. The Morgan fingerprint density at radius 2 is 2.04 bits per heavy atom. The normalized spacial score (nSPS) is 13.1. The summed E-state index contributed by atoms with van der Waals surface area (Å²) >= 11 is 12.3. The topological polar surface area (TPSA) is 67.1 Å². The van der Waals surface area contributed by atoms with Gasteiger partial charge in [0.05, 0.1) is 6.54 Å². The lowest BCUT2D eigenvalue weighted by atomic mass is 9.89. The highest BCUT2D eigenvalue weighted by Gasteiger charge is 2.16. The zero-order chi connectivity index (χ0) is 19.1. The van der Waals surface area contributed by atoms with Gasteiger partial charge >= 0.3 is 0 Å². The summed E-state index contributed by atoms with van der Waals surface area (Å²) in [5, 5.41) is 12.1. The van der Waals surface area contributed by atoms with Crippen LogP contribution in [0.4, 0.5) is 0 Å². The van der Waals surface area contributed by atoms with Crippen LogP contribution in [0.2, 0.25) is 10.0 Å². The molecule has 26 heavy (non-hydrogen) atoms. The number of hydrogen-bond acceptors (Lipinski definition) is 3. The first-order valence-electron chi connectivity index (χ1n) is 8.62. The summed E-state index contributed by atoms with van der Waals surface area (Å²) in [7, 11) is 3.62. The minimum atomic E-state index is 0.405. The first-order valence-corrected chi connectivity index (χ1v) is 9.37. The van der Waals surface area contributed by atoms with Crippen LogP contribution < -0.4 is 10.6 Å². The maximum absolute atomic E-state index is 6.33. The van der Waals surface area contributed by atoms with Gasteiger partial charge in [0.1, 0.15) is 12.2 Å². The number of rotatable bonds is 7. The van der Waals surface area contributed by atoms with Crippen LogP contribution in [0.25, 0.3) is 0 Å². The lowest BCUT2D eigenvalue weighted by Crippen LogP contribution is -2.41. The van der Waals surface area contributed by atoms with Crippen LogP contribution in [0, 0.1) is 11.8 Å². The molecule has 0 saturated carbocycles. The van der Waals surface area contributed by atoms with E-state index < -0.39 is 0 Å². The highest BCUT2D eigenvalue weighted by Crippen LogP contribution is 2.25. The Balaban J connectivity index is 1.92. The minimum Gasteiger partial charge on any atom is -0.356 e. The lowest BCUT2D eigenvalue weighted by molar-refractivity contribution is 0.378. The Labute approximate surface area is 165 Å². The summed E-state index contributed by atoms with van der Waals surface area (Å²) in [5.74, 6) is 2.48. The van der Waals surface area contributed by atoms with Crippen LogP contribution in [0.1, 0.15) is 25.2 Å². The van der Waals surface area contributed by atoms with Gasteiger partial charge in [0, 0.05) is 30.7 Å². The predicted octanol–water partition coefficient (Wildman–Crippen LogP) is 3.30. The Morgan fingerprint density at radius 3 is 2.62 bits per heavy atom. The van der Waals surface area contributed by atoms with E-state index >= 15 is 0 Å². The first kappa shape index (κ1) is 20.5. The van der Waals surface area contributed by atoms with Gasteiger partial charge < -0.3 is 10.6 Å². The molecule has 0 spiro atoms. The minimum absolute atomic E-state index is 0.405. The van der Waals surface area contributed by atoms with Gasteiger partial charge in [-0.15, -0.1) is 0 Å². The largest absolute Gasteiger partial charge is 0.356 e. The van der Waals surface area contributed by atoms with E-state index in [1.807, 2.05) is 19.2 Å². The Kier molecular flexibility index (Phi) is 7.72. The van der Waals surface area contributed by atoms with Crippen molar-refractivity contribution < 1.29 is 0 Å². The van der Waals surface area contributed by atoms with Crippen molar-refractivity contribution >= 4 is 29.2 Å². The van der Waals surface area contributed by atoms with Crippen molar-refractivity contribution in [2.75, 3.05) is 13.6 Å². The monoisotopic (exact) mass is 396 g/mol. The van der Waals surface area contributed by atoms with Crippen LogP contribution in [0.3, 0.4) is 0 Å². The molecule has 2 rings (SSSR count). The van der Waals surface area contributed by atoms with Crippen LogP contribution in [0.5, 0.6) is 0 Å². The molecule has 0 radical (unpaired) electrons. The predicted molar refractivity (Wildman–Crippen MR) is 108 cm³/mol. The molecule has 2 N–H and O–H groups in total. The third-order valence-electron chi connectivity index (χ3n) is 4.41. The SMILES string of the molecule is CN=C(NCc1ncnn1C)NCC(Cc1ccc(Cl)cc1Cl)C(C)C. The van der Waals surface area contributed by atoms with Crippen LogP contribution >= 0.6 is 23.2 Å². The van der Waals surface area contributed by atoms with Gasteiger partial charge in [-0.05, 0) is 36.0 Å². The second-order valence-electron chi connectivity index (χ2n) is 6.55. The molecule has 1 atom stereocenters. The fraction of sp³-hybridized carbons (Fsp3) is 0.500. The van der Waals surface area contributed by atoms with E-state index in [1.54, 1.807) is 17.8 Å². The fourth-order valence-electron chi connectivity index (χ4n) is 2.60. The number of benzene rings is 1. The molecule has 1 aromatic heterocycles. The molecule has 0 saturated heterocycles. The second kappa shape index (κ2) is 9.78. The zero-order valence-corrected chi connectivity index (χ0v) is 17.1. The molecule has 1 aromatic carbocycles. The number of aromatic nitrogens is 3. The van der Waals surface area contributed by atoms with Crippen molar-refractivity contribution in [2.45, 2.75) is 26.8 Å². The molecule has 2 aromatic rings. The van der Waals surface area contributed by atoms with Crippen LogP contribution in [-0.4, -0.2) is 34.3 Å². The summed E-state index contributed by atoms with van der Waals surface area (Å²) in [6.07, 6.45) is 2.42. The number of nitrogens with zero attached hydrogens (tertiary/aromatic N) is 4. The molecule has 1 unspecified atom stereocenters. The summed E-state index contributed by atoms with van der Waals surface area (Å²) in [6.45, 7) is 5.78. The Bertz CT molecular complexity index is 741. The molecule has 0 amide bonds. The van der Waals surface area contributed by atoms with Crippen LogP contribution in [0.15, 0.2) is 29.5 Å². The molecule has 0 aliphatic carbocycles. The molecular weight excluding hydrogens is 371 g/mol. The van der Waals surface area contributed by atoms with E-state index in [0.29, 0.717) is 28.4 Å². The van der Waals surface area contributed by atoms with Crippen molar-refractivity contribution in [1.82, 2.24) is 25.4 Å². The van der Waals surface area contributed by atoms with Crippen molar-refractivity contribution in [3.63, 3.8) is 0 Å². The number of nitrogens with one attached hydrogen (secondary N) is 2. The Hall–Kier alpha value is -1.79. The van der Waals surface area contributed by atoms with Gasteiger partial charge in [-0.25, -0.2) is 4.98 Å². The van der Waals surface area contributed by atoms with E-state index in [2.05, 4.69) is 39.6 Å². The van der Waals surface area contributed by atoms with Gasteiger partial charge in [0.2, 0.25) is 0 Å². The number of aliphatic imine (C=N–C) groups is 1. The lowest BCUT2D eigenvalue weighted by Gasteiger charge is -2.23. The Morgan fingerprint density at radius 1 is 1.27 bits per heavy atom. The number of hydrogen-bond donors (Lipinski definition) is 2. The third-order valence-corrected chi connectivity index (χ3v) is 5.00. The smallest absolute Gasteiger partial charge is 0.191 e. The molecule has 1 heterocycles. The summed E-state index contributed by atoms with van der Waals surface area (Å²) in [5.41, 5.74) is 1.11. The highest BCUT2D eigenvalue weighted by atomic mass is 35.5. The summed E-state index contributed by atoms with van der Waals surface area (Å²) in [6, 6.07) is 5.68. The van der Waals surface area contributed by atoms with Gasteiger partial charge in [-0.1, -0.05) is 43.1 Å². The van der Waals surface area contributed by atoms with Gasteiger partial charge in [-0.2, -0.15) is 5.10 Å². The van der Waals surface area contributed by atoms with E-state index in [0.717, 1.165) is 30.3 Å². The van der Waals surface area contributed by atoms with Crippen molar-refractivity contribution in [1.29, 1.82) is 0 Å². The van der Waals surface area contributed by atoms with Crippen molar-refractivity contribution in [3.8, 4) is 0 Å². The molecule has 0 fully saturated rings. The standard InChI is InChI=1S/C18H26Cl2N6/c1-12(2)14(7-13-5-6-15(19)8-16(13)20)9-22-18(21-3)23-10-17-24-11-25-26(17)4/h5-6,8,11-12,14H,7,9-10H2,1-4H3,(H2,21,22,23). The summed E-state index contributed by atoms with van der Waals surface area (Å²) < 4.78 is 1.74. The molecule has 0 bridgehead atoms. The fourth-order valence-corrected chi connectivity index (χ4v) is 3.09. The summed E-state index contributed by atoms with van der Waals surface area (Å²) in [4.78, 5) is 8.48. The average Bonchev–Trinajstić information content (AvgIpc) is 3.00. The van der Waals surface area contributed by atoms with Gasteiger partial charge in [0.25, 0.3) is 0 Å². The quantitative estimate of drug-likeness (QED) is 0.556. The van der Waals surface area contributed by atoms with Crippen molar-refractivity contribution in [3.05, 3.63) is 46.0 Å². The molecule has 142 valence electrons. The van der Waals surface area contributed by atoms with E-state index in [-0.39, 0.29) is 0 Å². The first-order chi connectivity index (χ1) is 12.4. The number of halogens is 2. The van der Waals surface area contributed by atoms with E-state index in [4.69, 9.17) is 23.2 Å². The van der Waals surface area contributed by atoms with E-state index in [9.17, 15) is 0 Å². The van der Waals surface area contributed by atoms with Crippen molar-refractivity contribution in [2.24, 2.45) is 23.9 Å². The van der Waals surface area contributed by atoms with Crippen LogP contribution in [-0.2, 0) is 20.0 Å². The molecule has 0 aliphatic rings. The number of aryl methyl sites for hydroxylation is 1. The second-order valence-corrected chi connectivity index (χ2v) is 7.39. The molecule has 6 nitrogen and oxygen atoms in total. The third kappa shape index (κ3) is 5.88. The van der Waals surface area contributed by atoms with Gasteiger partial charge in [0.15, 0.2) is 5.96 Å². The van der Waals surface area contributed by atoms with E-state index in [1.165, 1.54) is 6.33 Å². The maximum Gasteiger partial charge on any atom is 0.191 e. The zero-order valence-electron chi connectivity index (χ0n) is 15.6. The molecular formula is C18H26Cl2N6.